The molecule has 0 bridgehead atoms. The lowest BCUT2D eigenvalue weighted by Crippen LogP contribution is -2.43. The molecule has 1 aromatic rings. The second kappa shape index (κ2) is 4.91. The highest BCUT2D eigenvalue weighted by Gasteiger charge is 2.15. The highest BCUT2D eigenvalue weighted by atomic mass is 32.1. The highest BCUT2D eigenvalue weighted by Crippen LogP contribution is 2.11. The van der Waals surface area contributed by atoms with Crippen molar-refractivity contribution in [2.75, 3.05) is 20.1 Å². The molecule has 1 N–H and O–H groups in total. The van der Waals surface area contributed by atoms with Crippen LogP contribution in [0, 0.1) is 0 Å². The van der Waals surface area contributed by atoms with Gasteiger partial charge < -0.3 is 10.2 Å². The van der Waals surface area contributed by atoms with Gasteiger partial charge in [0.25, 0.3) is 0 Å². The smallest absolute Gasteiger partial charge is 0.0302 e. The maximum absolute atomic E-state index is 3.62. The summed E-state index contributed by atoms with van der Waals surface area (Å²) in [7, 11) is 2.21. The fourth-order valence-corrected chi connectivity index (χ4v) is 2.65. The molecule has 1 saturated heterocycles. The van der Waals surface area contributed by atoms with E-state index in [1.807, 2.05) is 11.3 Å². The molecule has 1 atom stereocenters. The number of likely N-dealkylation sites (tertiary alicyclic amines) is 1. The molecule has 14 heavy (non-hydrogen) atoms. The van der Waals surface area contributed by atoms with E-state index >= 15 is 0 Å². The summed E-state index contributed by atoms with van der Waals surface area (Å²) in [6.07, 6.45) is 2.66. The first-order valence-corrected chi connectivity index (χ1v) is 6.17. The first kappa shape index (κ1) is 10.1. The van der Waals surface area contributed by atoms with Gasteiger partial charge in [-0.3, -0.25) is 0 Å². The summed E-state index contributed by atoms with van der Waals surface area (Å²) in [5, 5.41) is 5.77. The molecular weight excluding hydrogens is 192 g/mol. The molecule has 78 valence electrons. The summed E-state index contributed by atoms with van der Waals surface area (Å²) in [4.78, 5) is 3.86. The second-order valence-electron chi connectivity index (χ2n) is 4.06. The number of nitrogens with zero attached hydrogens (tertiary/aromatic N) is 1. The molecule has 0 radical (unpaired) electrons. The Bertz CT molecular complexity index is 258. The molecule has 1 unspecified atom stereocenters. The lowest BCUT2D eigenvalue weighted by atomic mass is 10.1. The van der Waals surface area contributed by atoms with Crippen LogP contribution in [0.15, 0.2) is 17.5 Å². The average molecular weight is 210 g/mol. The van der Waals surface area contributed by atoms with Gasteiger partial charge in [-0.1, -0.05) is 6.07 Å². The Hall–Kier alpha value is -0.380. The molecular formula is C11H18N2S. The lowest BCUT2D eigenvalue weighted by Gasteiger charge is -2.30. The average Bonchev–Trinajstić information content (AvgIpc) is 2.67. The monoisotopic (exact) mass is 210 g/mol. The Labute approximate surface area is 89.9 Å². The molecule has 0 spiro atoms. The van der Waals surface area contributed by atoms with E-state index in [9.17, 15) is 0 Å². The highest BCUT2D eigenvalue weighted by molar-refractivity contribution is 7.09. The minimum atomic E-state index is 0.691. The summed E-state index contributed by atoms with van der Waals surface area (Å²) >= 11 is 1.84. The number of thiophene rings is 1. The van der Waals surface area contributed by atoms with E-state index in [1.54, 1.807) is 0 Å². The Morgan fingerprint density at radius 3 is 3.29 bits per heavy atom. The molecule has 3 heteroatoms. The third kappa shape index (κ3) is 2.80. The Morgan fingerprint density at radius 1 is 1.64 bits per heavy atom. The van der Waals surface area contributed by atoms with Gasteiger partial charge in [-0.25, -0.2) is 0 Å². The van der Waals surface area contributed by atoms with Crippen LogP contribution in [0.25, 0.3) is 0 Å². The maximum atomic E-state index is 3.62. The fraction of sp³-hybridized carbons (Fsp3) is 0.636. The molecule has 1 fully saturated rings. The number of hydrogen-bond acceptors (Lipinski definition) is 3. The van der Waals surface area contributed by atoms with Gasteiger partial charge in [0.05, 0.1) is 0 Å². The zero-order valence-electron chi connectivity index (χ0n) is 8.70. The van der Waals surface area contributed by atoms with E-state index in [-0.39, 0.29) is 0 Å². The van der Waals surface area contributed by atoms with Crippen LogP contribution >= 0.6 is 11.3 Å². The van der Waals surface area contributed by atoms with Crippen molar-refractivity contribution < 1.29 is 0 Å². The van der Waals surface area contributed by atoms with E-state index in [0.29, 0.717) is 6.04 Å². The molecule has 1 aliphatic heterocycles. The van der Waals surface area contributed by atoms with Crippen LogP contribution < -0.4 is 5.32 Å². The maximum Gasteiger partial charge on any atom is 0.0302 e. The van der Waals surface area contributed by atoms with Crippen LogP contribution in [0.2, 0.25) is 0 Å². The summed E-state index contributed by atoms with van der Waals surface area (Å²) in [5.74, 6) is 0. The van der Waals surface area contributed by atoms with Gasteiger partial charge in [-0.2, -0.15) is 0 Å². The topological polar surface area (TPSA) is 15.3 Å². The van der Waals surface area contributed by atoms with Crippen molar-refractivity contribution in [3.63, 3.8) is 0 Å². The van der Waals surface area contributed by atoms with Gasteiger partial charge in [0, 0.05) is 24.0 Å². The largest absolute Gasteiger partial charge is 0.308 e. The van der Waals surface area contributed by atoms with E-state index in [4.69, 9.17) is 0 Å². The lowest BCUT2D eigenvalue weighted by molar-refractivity contribution is 0.227. The number of piperidine rings is 1. The molecule has 0 aliphatic carbocycles. The van der Waals surface area contributed by atoms with Crippen molar-refractivity contribution >= 4 is 11.3 Å². The molecule has 0 amide bonds. The van der Waals surface area contributed by atoms with Crippen LogP contribution in [-0.2, 0) is 6.54 Å². The number of hydrogen-bond donors (Lipinski definition) is 1. The Morgan fingerprint density at radius 2 is 2.57 bits per heavy atom. The molecule has 0 saturated carbocycles. The van der Waals surface area contributed by atoms with Crippen molar-refractivity contribution in [2.24, 2.45) is 0 Å². The number of likely N-dealkylation sites (N-methyl/N-ethyl adjacent to an activating group) is 1. The summed E-state index contributed by atoms with van der Waals surface area (Å²) in [6.45, 7) is 3.50. The molecule has 2 nitrogen and oxygen atoms in total. The first-order valence-electron chi connectivity index (χ1n) is 5.29. The predicted molar refractivity (Wildman–Crippen MR) is 61.7 cm³/mol. The molecule has 2 rings (SSSR count). The zero-order chi connectivity index (χ0) is 9.80. The third-order valence-electron chi connectivity index (χ3n) is 2.77. The summed E-state index contributed by atoms with van der Waals surface area (Å²) < 4.78 is 0. The van der Waals surface area contributed by atoms with Crippen molar-refractivity contribution in [3.8, 4) is 0 Å². The minimum absolute atomic E-state index is 0.691. The van der Waals surface area contributed by atoms with Gasteiger partial charge >= 0.3 is 0 Å². The second-order valence-corrected chi connectivity index (χ2v) is 5.09. The zero-order valence-corrected chi connectivity index (χ0v) is 9.52. The van der Waals surface area contributed by atoms with Gasteiger partial charge in [0.2, 0.25) is 0 Å². The van der Waals surface area contributed by atoms with Crippen LogP contribution in [0.3, 0.4) is 0 Å². The van der Waals surface area contributed by atoms with E-state index in [2.05, 4.69) is 34.8 Å². The van der Waals surface area contributed by atoms with Crippen molar-refractivity contribution in [1.29, 1.82) is 0 Å². The Balaban J connectivity index is 1.75. The van der Waals surface area contributed by atoms with Crippen molar-refractivity contribution in [2.45, 2.75) is 25.4 Å². The van der Waals surface area contributed by atoms with Gasteiger partial charge in [0.1, 0.15) is 0 Å². The number of nitrogens with one attached hydrogen (secondary N) is 1. The van der Waals surface area contributed by atoms with Crippen molar-refractivity contribution in [1.82, 2.24) is 10.2 Å². The van der Waals surface area contributed by atoms with E-state index in [1.165, 1.54) is 30.8 Å². The van der Waals surface area contributed by atoms with Crippen LogP contribution in [0.5, 0.6) is 0 Å². The first-order chi connectivity index (χ1) is 6.84. The molecule has 1 aromatic heterocycles. The normalized spacial score (nSPS) is 23.9. The third-order valence-corrected chi connectivity index (χ3v) is 3.65. The quantitative estimate of drug-likeness (QED) is 0.820. The molecule has 1 aliphatic rings. The van der Waals surface area contributed by atoms with Crippen LogP contribution in [0.4, 0.5) is 0 Å². The summed E-state index contributed by atoms with van der Waals surface area (Å²) in [5.41, 5.74) is 0. The fourth-order valence-electron chi connectivity index (χ4n) is 1.99. The summed E-state index contributed by atoms with van der Waals surface area (Å²) in [6, 6.07) is 5.01. The van der Waals surface area contributed by atoms with Crippen LogP contribution in [-0.4, -0.2) is 31.1 Å². The van der Waals surface area contributed by atoms with E-state index in [0.717, 1.165) is 6.54 Å². The minimum Gasteiger partial charge on any atom is -0.308 e. The van der Waals surface area contributed by atoms with E-state index < -0.39 is 0 Å². The van der Waals surface area contributed by atoms with Gasteiger partial charge in [-0.15, -0.1) is 11.3 Å². The molecule has 2 heterocycles. The Kier molecular flexibility index (Phi) is 3.56. The SMILES string of the molecule is CN1CCCC(NCc2cccs2)C1. The van der Waals surface area contributed by atoms with Gasteiger partial charge in [-0.05, 0) is 37.9 Å². The number of rotatable bonds is 3. The van der Waals surface area contributed by atoms with Gasteiger partial charge in [0.15, 0.2) is 0 Å². The molecule has 0 aromatic carbocycles. The standard InChI is InChI=1S/C11H18N2S/c1-13-6-2-4-10(9-13)12-8-11-5-3-7-14-11/h3,5,7,10,12H,2,4,6,8-9H2,1H3. The van der Waals surface area contributed by atoms with Crippen molar-refractivity contribution in [3.05, 3.63) is 22.4 Å². The van der Waals surface area contributed by atoms with Crippen LogP contribution in [0.1, 0.15) is 17.7 Å². The predicted octanol–water partition coefficient (Wildman–Crippen LogP) is 1.93.